The van der Waals surface area contributed by atoms with Gasteiger partial charge in [-0.2, -0.15) is 0 Å². The molecule has 0 spiro atoms. The molecule has 3 rings (SSSR count). The number of carbonyl (C=O) groups excluding carboxylic acids is 1. The van der Waals surface area contributed by atoms with E-state index in [1.165, 1.54) is 12.0 Å². The zero-order valence-corrected chi connectivity index (χ0v) is 15.3. The number of pyridine rings is 1. The van der Waals surface area contributed by atoms with Gasteiger partial charge < -0.3 is 10.2 Å². The number of likely N-dealkylation sites (tertiary alicyclic amines) is 1. The Bertz CT molecular complexity index is 724. The van der Waals surface area contributed by atoms with Crippen LogP contribution in [0.1, 0.15) is 55.6 Å². The number of hydrogen-bond acceptors (Lipinski definition) is 3. The lowest BCUT2D eigenvalue weighted by Crippen LogP contribution is -2.39. The highest BCUT2D eigenvalue weighted by molar-refractivity contribution is 5.93. The first-order chi connectivity index (χ1) is 12.0. The normalized spacial score (nSPS) is 17.6. The van der Waals surface area contributed by atoms with Crippen molar-refractivity contribution >= 4 is 17.3 Å². The van der Waals surface area contributed by atoms with Gasteiger partial charge in [0.2, 0.25) is 0 Å². The summed E-state index contributed by atoms with van der Waals surface area (Å²) < 4.78 is 0. The molecule has 0 saturated carbocycles. The molecule has 1 atom stereocenters. The molecule has 2 heterocycles. The van der Waals surface area contributed by atoms with Crippen molar-refractivity contribution in [1.29, 1.82) is 0 Å². The topological polar surface area (TPSA) is 45.2 Å². The second-order valence-corrected chi connectivity index (χ2v) is 7.33. The van der Waals surface area contributed by atoms with Crippen LogP contribution >= 0.6 is 0 Å². The first-order valence-corrected chi connectivity index (χ1v) is 9.15. The maximum atomic E-state index is 12.7. The van der Waals surface area contributed by atoms with Gasteiger partial charge in [0, 0.05) is 30.7 Å². The minimum absolute atomic E-state index is 0.0327. The van der Waals surface area contributed by atoms with Gasteiger partial charge in [-0.25, -0.2) is 0 Å². The summed E-state index contributed by atoms with van der Waals surface area (Å²) in [5.74, 6) is 1.12. The second-order valence-electron chi connectivity index (χ2n) is 7.33. The van der Waals surface area contributed by atoms with Gasteiger partial charge in [-0.1, -0.05) is 32.9 Å². The molecule has 132 valence electrons. The summed E-state index contributed by atoms with van der Waals surface area (Å²) in [5, 5.41) is 3.37. The van der Waals surface area contributed by atoms with Crippen LogP contribution in [0, 0.1) is 5.92 Å². The van der Waals surface area contributed by atoms with Gasteiger partial charge in [0.05, 0.1) is 0 Å². The van der Waals surface area contributed by atoms with Crippen molar-refractivity contribution in [2.24, 2.45) is 5.92 Å². The third-order valence-electron chi connectivity index (χ3n) is 4.79. The number of aromatic nitrogens is 1. The number of amides is 1. The summed E-state index contributed by atoms with van der Waals surface area (Å²) in [4.78, 5) is 18.9. The Morgan fingerprint density at radius 1 is 1.20 bits per heavy atom. The molecule has 1 N–H and O–H groups in total. The van der Waals surface area contributed by atoms with Crippen LogP contribution in [0.25, 0.3) is 0 Å². The molecule has 1 saturated heterocycles. The summed E-state index contributed by atoms with van der Waals surface area (Å²) in [6.45, 7) is 8.23. The van der Waals surface area contributed by atoms with E-state index in [4.69, 9.17) is 0 Å². The molecular weight excluding hydrogens is 310 g/mol. The van der Waals surface area contributed by atoms with Crippen molar-refractivity contribution in [2.75, 3.05) is 18.4 Å². The molecule has 25 heavy (non-hydrogen) atoms. The van der Waals surface area contributed by atoms with Crippen LogP contribution < -0.4 is 5.32 Å². The number of nitrogens with zero attached hydrogens (tertiary/aromatic N) is 2. The van der Waals surface area contributed by atoms with Crippen molar-refractivity contribution in [1.82, 2.24) is 9.88 Å². The molecule has 4 nitrogen and oxygen atoms in total. The Labute approximate surface area is 150 Å². The van der Waals surface area contributed by atoms with Crippen LogP contribution in [0.15, 0.2) is 42.6 Å². The van der Waals surface area contributed by atoms with E-state index >= 15 is 0 Å². The zero-order chi connectivity index (χ0) is 17.8. The molecule has 1 aliphatic heterocycles. The Balaban J connectivity index is 1.71. The molecule has 1 unspecified atom stereocenters. The molecule has 0 radical (unpaired) electrons. The van der Waals surface area contributed by atoms with Crippen molar-refractivity contribution in [2.45, 2.75) is 39.5 Å². The molecule has 0 aliphatic carbocycles. The summed E-state index contributed by atoms with van der Waals surface area (Å²) in [6, 6.07) is 12.2. The second kappa shape index (κ2) is 7.68. The van der Waals surface area contributed by atoms with E-state index in [1.54, 1.807) is 6.20 Å². The fourth-order valence-corrected chi connectivity index (χ4v) is 3.28. The molecule has 1 aromatic heterocycles. The van der Waals surface area contributed by atoms with Gasteiger partial charge in [-0.15, -0.1) is 0 Å². The van der Waals surface area contributed by atoms with E-state index in [2.05, 4.69) is 55.3 Å². The average Bonchev–Trinajstić information content (AvgIpc) is 2.62. The van der Waals surface area contributed by atoms with Crippen LogP contribution in [-0.4, -0.2) is 28.9 Å². The van der Waals surface area contributed by atoms with Crippen molar-refractivity contribution in [3.8, 4) is 0 Å². The van der Waals surface area contributed by atoms with Gasteiger partial charge in [0.1, 0.15) is 5.69 Å². The molecule has 2 aromatic rings. The molecule has 1 amide bonds. The number of piperidine rings is 1. The van der Waals surface area contributed by atoms with Gasteiger partial charge in [0.25, 0.3) is 5.91 Å². The van der Waals surface area contributed by atoms with E-state index in [-0.39, 0.29) is 5.91 Å². The van der Waals surface area contributed by atoms with E-state index < -0.39 is 0 Å². The summed E-state index contributed by atoms with van der Waals surface area (Å²) >= 11 is 0. The number of nitrogens with one attached hydrogen (secondary N) is 1. The summed E-state index contributed by atoms with van der Waals surface area (Å²) in [7, 11) is 0. The quantitative estimate of drug-likeness (QED) is 0.870. The van der Waals surface area contributed by atoms with Crippen LogP contribution in [0.4, 0.5) is 11.4 Å². The predicted octanol–water partition coefficient (Wildman–Crippen LogP) is 4.82. The van der Waals surface area contributed by atoms with Crippen LogP contribution in [0.5, 0.6) is 0 Å². The maximum Gasteiger partial charge on any atom is 0.272 e. The highest BCUT2D eigenvalue weighted by Gasteiger charge is 2.22. The van der Waals surface area contributed by atoms with Crippen molar-refractivity contribution in [3.05, 3.63) is 53.9 Å². The lowest BCUT2D eigenvalue weighted by molar-refractivity contribution is 0.0677. The van der Waals surface area contributed by atoms with Crippen LogP contribution in [0.2, 0.25) is 0 Å². The van der Waals surface area contributed by atoms with Crippen LogP contribution in [0.3, 0.4) is 0 Å². The highest BCUT2D eigenvalue weighted by Crippen LogP contribution is 2.22. The fourth-order valence-electron chi connectivity index (χ4n) is 3.28. The van der Waals surface area contributed by atoms with E-state index in [1.807, 2.05) is 17.0 Å². The van der Waals surface area contributed by atoms with Gasteiger partial charge in [0.15, 0.2) is 0 Å². The Morgan fingerprint density at radius 3 is 2.64 bits per heavy atom. The molecule has 4 heteroatoms. The number of hydrogen-bond donors (Lipinski definition) is 1. The Kier molecular flexibility index (Phi) is 5.37. The lowest BCUT2D eigenvalue weighted by Gasteiger charge is -2.30. The third kappa shape index (κ3) is 4.38. The average molecular weight is 337 g/mol. The molecule has 1 aliphatic rings. The van der Waals surface area contributed by atoms with Crippen molar-refractivity contribution in [3.63, 3.8) is 0 Å². The maximum absolute atomic E-state index is 12.7. The molecular formula is C21H27N3O. The number of anilines is 2. The Morgan fingerprint density at radius 2 is 1.96 bits per heavy atom. The minimum atomic E-state index is 0.0327. The molecule has 1 fully saturated rings. The standard InChI is InChI=1S/C21H27N3O/c1-15(2)17-6-8-18(9-7-17)23-19-10-11-22-20(13-19)21(25)24-12-4-5-16(3)14-24/h6-11,13,15-16H,4-5,12,14H2,1-3H3,(H,22,23). The summed E-state index contributed by atoms with van der Waals surface area (Å²) in [6.07, 6.45) is 3.98. The first-order valence-electron chi connectivity index (χ1n) is 9.15. The first kappa shape index (κ1) is 17.5. The van der Waals surface area contributed by atoms with Crippen LogP contribution in [-0.2, 0) is 0 Å². The van der Waals surface area contributed by atoms with Gasteiger partial charge >= 0.3 is 0 Å². The monoisotopic (exact) mass is 337 g/mol. The lowest BCUT2D eigenvalue weighted by atomic mass is 10.00. The fraction of sp³-hybridized carbons (Fsp3) is 0.429. The summed E-state index contributed by atoms with van der Waals surface area (Å²) in [5.41, 5.74) is 3.73. The molecule has 0 bridgehead atoms. The minimum Gasteiger partial charge on any atom is -0.355 e. The molecule has 1 aromatic carbocycles. The predicted molar refractivity (Wildman–Crippen MR) is 102 cm³/mol. The number of carbonyl (C=O) groups is 1. The highest BCUT2D eigenvalue weighted by atomic mass is 16.2. The largest absolute Gasteiger partial charge is 0.355 e. The van der Waals surface area contributed by atoms with Gasteiger partial charge in [-0.05, 0) is 54.5 Å². The SMILES string of the molecule is CC1CCCN(C(=O)c2cc(Nc3ccc(C(C)C)cc3)ccn2)C1. The van der Waals surface area contributed by atoms with E-state index in [0.29, 0.717) is 17.5 Å². The van der Waals surface area contributed by atoms with E-state index in [0.717, 1.165) is 30.9 Å². The van der Waals surface area contributed by atoms with Crippen molar-refractivity contribution < 1.29 is 4.79 Å². The van der Waals surface area contributed by atoms with E-state index in [9.17, 15) is 4.79 Å². The number of rotatable bonds is 4. The Hall–Kier alpha value is -2.36. The number of benzene rings is 1. The third-order valence-corrected chi connectivity index (χ3v) is 4.79. The zero-order valence-electron chi connectivity index (χ0n) is 15.3. The van der Waals surface area contributed by atoms with Gasteiger partial charge in [-0.3, -0.25) is 9.78 Å². The smallest absolute Gasteiger partial charge is 0.272 e.